The second-order valence-electron chi connectivity index (χ2n) is 8.83. The van der Waals surface area contributed by atoms with Gasteiger partial charge in [0, 0.05) is 47.8 Å². The number of benzene rings is 2. The Morgan fingerprint density at radius 1 is 0.970 bits per heavy atom. The second-order valence-corrected chi connectivity index (χ2v) is 9.24. The Kier molecular flexibility index (Phi) is 5.75. The summed E-state index contributed by atoms with van der Waals surface area (Å²) >= 11 is 6.33. The number of ketones is 2. The smallest absolute Gasteiger partial charge is 0.176 e. The topological polar surface area (TPSA) is 66.8 Å². The van der Waals surface area contributed by atoms with E-state index in [0.29, 0.717) is 36.1 Å². The molecule has 5 rings (SSSR count). The number of hydrogen-bond acceptors (Lipinski definition) is 5. The first-order valence-corrected chi connectivity index (χ1v) is 11.8. The Bertz CT molecular complexity index is 1150. The van der Waals surface area contributed by atoms with E-state index in [-0.39, 0.29) is 28.1 Å². The van der Waals surface area contributed by atoms with Gasteiger partial charge < -0.3 is 14.7 Å². The quantitative estimate of drug-likeness (QED) is 0.633. The largest absolute Gasteiger partial charge is 0.503 e. The van der Waals surface area contributed by atoms with Crippen molar-refractivity contribution in [3.63, 3.8) is 0 Å². The molecule has 0 fully saturated rings. The lowest BCUT2D eigenvalue weighted by atomic mass is 9.71. The molecule has 0 amide bonds. The molecule has 6 heteroatoms. The van der Waals surface area contributed by atoms with Crippen molar-refractivity contribution in [1.82, 2.24) is 4.90 Å². The van der Waals surface area contributed by atoms with E-state index in [9.17, 15) is 14.7 Å². The first kappa shape index (κ1) is 21.8. The van der Waals surface area contributed by atoms with Crippen LogP contribution in [0, 0.1) is 0 Å². The van der Waals surface area contributed by atoms with Crippen LogP contribution in [0.15, 0.2) is 65.0 Å². The van der Waals surface area contributed by atoms with Crippen molar-refractivity contribution < 1.29 is 19.4 Å². The zero-order chi connectivity index (χ0) is 23.1. The van der Waals surface area contributed by atoms with Crippen LogP contribution in [-0.4, -0.2) is 28.7 Å². The molecule has 3 aliphatic rings. The van der Waals surface area contributed by atoms with Gasteiger partial charge in [0.05, 0.1) is 12.1 Å². The van der Waals surface area contributed by atoms with E-state index in [1.54, 1.807) is 12.1 Å². The van der Waals surface area contributed by atoms with Gasteiger partial charge >= 0.3 is 0 Å². The third kappa shape index (κ3) is 3.74. The fourth-order valence-corrected chi connectivity index (χ4v) is 5.64. The van der Waals surface area contributed by atoms with E-state index < -0.39 is 5.92 Å². The van der Waals surface area contributed by atoms with Crippen LogP contribution in [0.25, 0.3) is 0 Å². The van der Waals surface area contributed by atoms with Crippen molar-refractivity contribution in [1.29, 1.82) is 0 Å². The third-order valence-electron chi connectivity index (χ3n) is 6.87. The van der Waals surface area contributed by atoms with Crippen molar-refractivity contribution >= 4 is 23.2 Å². The van der Waals surface area contributed by atoms with E-state index in [1.165, 1.54) is 7.11 Å². The third-order valence-corrected chi connectivity index (χ3v) is 7.16. The molecular weight excluding hydrogens is 438 g/mol. The van der Waals surface area contributed by atoms with Gasteiger partial charge in [-0.25, -0.2) is 0 Å². The highest BCUT2D eigenvalue weighted by molar-refractivity contribution is 6.32. The molecule has 2 aliphatic carbocycles. The molecule has 0 saturated heterocycles. The van der Waals surface area contributed by atoms with Crippen LogP contribution in [0.4, 0.5) is 0 Å². The zero-order valence-corrected chi connectivity index (χ0v) is 19.3. The fraction of sp³-hybridized carbons (Fsp3) is 0.333. The number of hydrogen-bond donors (Lipinski definition) is 1. The van der Waals surface area contributed by atoms with Gasteiger partial charge in [-0.3, -0.25) is 9.59 Å². The molecule has 5 nitrogen and oxygen atoms in total. The first-order valence-electron chi connectivity index (χ1n) is 11.4. The average molecular weight is 464 g/mol. The Labute approximate surface area is 198 Å². The standard InChI is InChI=1S/C27H26ClNO4/c1-33-23-14-17(13-18(28)27(23)32)24-25-19(9-5-11-21(25)30)29(15-16-7-3-2-4-8-16)20-10-6-12-22(31)26(20)24/h2-4,7-8,13-14,24,32H,5-6,9-12,15H2,1H3. The van der Waals surface area contributed by atoms with Gasteiger partial charge in [0.2, 0.25) is 0 Å². The maximum absolute atomic E-state index is 13.4. The molecule has 0 bridgehead atoms. The van der Waals surface area contributed by atoms with Crippen LogP contribution in [0.2, 0.25) is 5.02 Å². The molecule has 1 heterocycles. The van der Waals surface area contributed by atoms with Gasteiger partial charge in [0.25, 0.3) is 0 Å². The highest BCUT2D eigenvalue weighted by Gasteiger charge is 2.43. The Morgan fingerprint density at radius 2 is 1.58 bits per heavy atom. The Balaban J connectivity index is 1.73. The maximum atomic E-state index is 13.4. The number of Topliss-reactive ketones (excluding diaryl/α,β-unsaturated/α-hetero) is 2. The van der Waals surface area contributed by atoms with Crippen molar-refractivity contribution in [2.45, 2.75) is 51.0 Å². The van der Waals surface area contributed by atoms with Crippen LogP contribution in [-0.2, 0) is 16.1 Å². The summed E-state index contributed by atoms with van der Waals surface area (Å²) in [6, 6.07) is 13.5. The summed E-state index contributed by atoms with van der Waals surface area (Å²) in [5, 5.41) is 10.4. The summed E-state index contributed by atoms with van der Waals surface area (Å²) in [6.07, 6.45) is 4.11. The van der Waals surface area contributed by atoms with Crippen LogP contribution in [0.1, 0.15) is 55.6 Å². The number of methoxy groups -OCH3 is 1. The molecule has 1 aliphatic heterocycles. The van der Waals surface area contributed by atoms with Gasteiger partial charge in [0.1, 0.15) is 0 Å². The van der Waals surface area contributed by atoms with Crippen LogP contribution in [0.3, 0.4) is 0 Å². The van der Waals surface area contributed by atoms with Crippen LogP contribution in [0.5, 0.6) is 11.5 Å². The fourth-order valence-electron chi connectivity index (χ4n) is 5.42. The molecule has 2 aromatic carbocycles. The van der Waals surface area contributed by atoms with E-state index in [4.69, 9.17) is 16.3 Å². The summed E-state index contributed by atoms with van der Waals surface area (Å²) in [5.41, 5.74) is 5.25. The minimum atomic E-state index is -0.491. The van der Waals surface area contributed by atoms with E-state index >= 15 is 0 Å². The number of allylic oxidation sites excluding steroid dienone is 4. The normalized spacial score (nSPS) is 19.0. The number of carbonyl (C=O) groups excluding carboxylic acids is 2. The Morgan fingerprint density at radius 3 is 2.15 bits per heavy atom. The summed E-state index contributed by atoms with van der Waals surface area (Å²) in [6.45, 7) is 0.630. The average Bonchev–Trinajstić information content (AvgIpc) is 2.82. The van der Waals surface area contributed by atoms with Crippen molar-refractivity contribution in [3.8, 4) is 11.5 Å². The van der Waals surface area contributed by atoms with Crippen molar-refractivity contribution in [3.05, 3.63) is 81.2 Å². The molecule has 0 saturated carbocycles. The van der Waals surface area contributed by atoms with Crippen molar-refractivity contribution in [2.75, 3.05) is 7.11 Å². The first-order chi connectivity index (χ1) is 16.0. The van der Waals surface area contributed by atoms with Gasteiger partial charge in [-0.2, -0.15) is 0 Å². The van der Waals surface area contributed by atoms with E-state index in [0.717, 1.165) is 42.6 Å². The predicted octanol–water partition coefficient (Wildman–Crippen LogP) is 5.67. The van der Waals surface area contributed by atoms with Crippen LogP contribution >= 0.6 is 11.6 Å². The van der Waals surface area contributed by atoms with E-state index in [2.05, 4.69) is 17.0 Å². The van der Waals surface area contributed by atoms with E-state index in [1.807, 2.05) is 18.2 Å². The molecule has 2 aromatic rings. The Hall–Kier alpha value is -3.05. The number of ether oxygens (including phenoxy) is 1. The molecule has 33 heavy (non-hydrogen) atoms. The molecule has 0 atom stereocenters. The van der Waals surface area contributed by atoms with Crippen LogP contribution < -0.4 is 4.74 Å². The minimum Gasteiger partial charge on any atom is -0.503 e. The lowest BCUT2D eigenvalue weighted by Gasteiger charge is -2.44. The number of phenols is 1. The SMILES string of the molecule is COc1cc(C2C3=C(CCCC3=O)N(Cc3ccccc3)C3=C2C(=O)CCC3)cc(Cl)c1O. The molecule has 0 radical (unpaired) electrons. The molecule has 0 spiro atoms. The van der Waals surface area contributed by atoms with Gasteiger partial charge in [-0.15, -0.1) is 0 Å². The summed E-state index contributed by atoms with van der Waals surface area (Å²) in [7, 11) is 1.46. The number of rotatable bonds is 4. The van der Waals surface area contributed by atoms with Gasteiger partial charge in [0.15, 0.2) is 23.1 Å². The predicted molar refractivity (Wildman–Crippen MR) is 126 cm³/mol. The highest BCUT2D eigenvalue weighted by atomic mass is 35.5. The summed E-state index contributed by atoms with van der Waals surface area (Å²) < 4.78 is 5.34. The number of carbonyl (C=O) groups is 2. The second kappa shape index (κ2) is 8.71. The summed E-state index contributed by atoms with van der Waals surface area (Å²) in [4.78, 5) is 29.0. The monoisotopic (exact) mass is 463 g/mol. The molecule has 170 valence electrons. The number of aromatic hydroxyl groups is 1. The summed E-state index contributed by atoms with van der Waals surface area (Å²) in [5.74, 6) is -0.243. The minimum absolute atomic E-state index is 0.0763. The molecule has 1 N–H and O–H groups in total. The van der Waals surface area contributed by atoms with Crippen molar-refractivity contribution in [2.24, 2.45) is 0 Å². The van der Waals surface area contributed by atoms with Gasteiger partial charge in [-0.05, 0) is 48.9 Å². The van der Waals surface area contributed by atoms with Gasteiger partial charge in [-0.1, -0.05) is 41.9 Å². The lowest BCUT2D eigenvalue weighted by Crippen LogP contribution is -2.38. The molecule has 0 unspecified atom stereocenters. The number of nitrogens with zero attached hydrogens (tertiary/aromatic N) is 1. The molecule has 0 aromatic heterocycles. The maximum Gasteiger partial charge on any atom is 0.176 e. The number of phenolic OH excluding ortho intramolecular Hbond substituents is 1. The molecular formula is C27H26ClNO4. The lowest BCUT2D eigenvalue weighted by molar-refractivity contribution is -0.117. The zero-order valence-electron chi connectivity index (χ0n) is 18.6. The highest BCUT2D eigenvalue weighted by Crippen LogP contribution is 2.51. The number of halogens is 1.